The average Bonchev–Trinajstić information content (AvgIpc) is 2.53. The van der Waals surface area contributed by atoms with Crippen molar-refractivity contribution < 1.29 is 24.2 Å². The number of carbonyl (C=O) groups excluding carboxylic acids is 1. The van der Waals surface area contributed by atoms with Crippen LogP contribution in [0.2, 0.25) is 0 Å². The number of carboxylic acids is 1. The molecule has 1 aliphatic rings. The summed E-state index contributed by atoms with van der Waals surface area (Å²) in [7, 11) is 1.58. The van der Waals surface area contributed by atoms with Crippen molar-refractivity contribution >= 4 is 18.0 Å². The first-order valence-electron chi connectivity index (χ1n) is 7.36. The van der Waals surface area contributed by atoms with Crippen LogP contribution >= 0.6 is 0 Å². The summed E-state index contributed by atoms with van der Waals surface area (Å²) in [6, 6.07) is 5.40. The van der Waals surface area contributed by atoms with E-state index in [2.05, 4.69) is 5.32 Å². The molecule has 2 rings (SSSR count). The highest BCUT2D eigenvalue weighted by Gasteiger charge is 2.27. The molecule has 0 saturated carbocycles. The van der Waals surface area contributed by atoms with Crippen LogP contribution in [0.1, 0.15) is 25.8 Å². The van der Waals surface area contributed by atoms with Gasteiger partial charge in [0.15, 0.2) is 0 Å². The molecule has 1 aromatic rings. The fourth-order valence-corrected chi connectivity index (χ4v) is 2.12. The minimum Gasteiger partial charge on any atom is -0.497 e. The second-order valence-electron chi connectivity index (χ2n) is 6.06. The fraction of sp³-hybridized carbons (Fsp3) is 0.412. The largest absolute Gasteiger partial charge is 0.497 e. The van der Waals surface area contributed by atoms with E-state index in [1.165, 1.54) is 0 Å². The van der Waals surface area contributed by atoms with Gasteiger partial charge >= 0.3 is 5.97 Å². The maximum Gasteiger partial charge on any atom is 0.309 e. The number of fused-ring (bicyclic) bond motifs is 1. The minimum absolute atomic E-state index is 0.188. The fourth-order valence-electron chi connectivity index (χ4n) is 2.12. The molecule has 2 N–H and O–H groups in total. The van der Waals surface area contributed by atoms with Crippen LogP contribution in [0.5, 0.6) is 11.5 Å². The summed E-state index contributed by atoms with van der Waals surface area (Å²) in [6.45, 7) is 3.74. The second kappa shape index (κ2) is 6.73. The first kappa shape index (κ1) is 16.9. The molecule has 0 aromatic heterocycles. The number of methoxy groups -OCH3 is 1. The van der Waals surface area contributed by atoms with Crippen LogP contribution in [0.15, 0.2) is 23.8 Å². The Balaban J connectivity index is 2.00. The van der Waals surface area contributed by atoms with E-state index in [4.69, 9.17) is 14.6 Å². The molecule has 0 aliphatic carbocycles. The van der Waals surface area contributed by atoms with Gasteiger partial charge in [-0.1, -0.05) is 0 Å². The molecule has 6 heteroatoms. The minimum atomic E-state index is -0.881. The Morgan fingerprint density at radius 3 is 2.78 bits per heavy atom. The van der Waals surface area contributed by atoms with Crippen molar-refractivity contribution in [2.45, 2.75) is 20.3 Å². The van der Waals surface area contributed by atoms with Gasteiger partial charge in [0.25, 0.3) is 5.91 Å². The molecular weight excluding hydrogens is 298 g/mol. The Bertz CT molecular complexity index is 648. The molecule has 0 radical (unpaired) electrons. The van der Waals surface area contributed by atoms with Gasteiger partial charge in [-0.15, -0.1) is 0 Å². The number of benzene rings is 1. The quantitative estimate of drug-likeness (QED) is 0.838. The van der Waals surface area contributed by atoms with Crippen molar-refractivity contribution in [3.8, 4) is 11.5 Å². The molecule has 6 nitrogen and oxygen atoms in total. The Hall–Kier alpha value is -2.50. The summed E-state index contributed by atoms with van der Waals surface area (Å²) in [4.78, 5) is 23.2. The molecule has 1 heterocycles. The van der Waals surface area contributed by atoms with Crippen LogP contribution in [-0.4, -0.2) is 37.2 Å². The Morgan fingerprint density at radius 2 is 2.13 bits per heavy atom. The van der Waals surface area contributed by atoms with Crippen LogP contribution in [-0.2, 0) is 9.59 Å². The van der Waals surface area contributed by atoms with Crippen LogP contribution in [0.25, 0.3) is 6.08 Å². The third-order valence-corrected chi connectivity index (χ3v) is 3.84. The van der Waals surface area contributed by atoms with Gasteiger partial charge in [-0.05, 0) is 44.5 Å². The van der Waals surface area contributed by atoms with Gasteiger partial charge in [0.05, 0.1) is 18.1 Å². The van der Waals surface area contributed by atoms with Crippen LogP contribution in [0, 0.1) is 5.41 Å². The second-order valence-corrected chi connectivity index (χ2v) is 6.06. The molecular formula is C17H21NO5. The van der Waals surface area contributed by atoms with Crippen molar-refractivity contribution in [3.63, 3.8) is 0 Å². The zero-order valence-electron chi connectivity index (χ0n) is 13.5. The summed E-state index contributed by atoms with van der Waals surface area (Å²) in [6.07, 6.45) is 2.12. The van der Waals surface area contributed by atoms with Gasteiger partial charge in [-0.25, -0.2) is 0 Å². The van der Waals surface area contributed by atoms with Gasteiger partial charge in [0.1, 0.15) is 18.1 Å². The normalized spacial score (nSPS) is 13.4. The standard InChI is InChI=1S/C17H21NO5/c1-17(2,16(20)21)6-7-18-15(19)12-8-11-9-13(22-3)4-5-14(11)23-10-12/h4-5,8-9H,6-7,10H2,1-3H3,(H,18,19)(H,20,21). The molecule has 0 saturated heterocycles. The summed E-state index contributed by atoms with van der Waals surface area (Å²) in [5.41, 5.74) is 0.413. The lowest BCUT2D eigenvalue weighted by Gasteiger charge is -2.21. The molecule has 1 aliphatic heterocycles. The molecule has 1 aromatic carbocycles. The maximum atomic E-state index is 12.2. The highest BCUT2D eigenvalue weighted by molar-refractivity contribution is 5.99. The number of rotatable bonds is 6. The third kappa shape index (κ3) is 4.03. The van der Waals surface area contributed by atoms with E-state index in [0.29, 0.717) is 30.0 Å². The summed E-state index contributed by atoms with van der Waals surface area (Å²) in [5, 5.41) is 11.8. The molecule has 0 unspecified atom stereocenters. The van der Waals surface area contributed by atoms with Gasteiger partial charge < -0.3 is 19.9 Å². The highest BCUT2D eigenvalue weighted by Crippen LogP contribution is 2.30. The molecule has 0 atom stereocenters. The lowest BCUT2D eigenvalue weighted by atomic mass is 9.89. The van der Waals surface area contributed by atoms with Crippen LogP contribution < -0.4 is 14.8 Å². The lowest BCUT2D eigenvalue weighted by molar-refractivity contribution is -0.147. The molecule has 23 heavy (non-hydrogen) atoms. The number of hydrogen-bond donors (Lipinski definition) is 2. The Labute approximate surface area is 135 Å². The smallest absolute Gasteiger partial charge is 0.309 e. The van der Waals surface area contributed by atoms with Crippen molar-refractivity contribution in [3.05, 3.63) is 29.3 Å². The first-order chi connectivity index (χ1) is 10.8. The van der Waals surface area contributed by atoms with Gasteiger partial charge in [0.2, 0.25) is 0 Å². The number of aliphatic carboxylic acids is 1. The van der Waals surface area contributed by atoms with E-state index in [1.807, 2.05) is 0 Å². The number of hydrogen-bond acceptors (Lipinski definition) is 4. The van der Waals surface area contributed by atoms with E-state index in [1.54, 1.807) is 45.2 Å². The van der Waals surface area contributed by atoms with Crippen molar-refractivity contribution in [2.24, 2.45) is 5.41 Å². The van der Waals surface area contributed by atoms with Crippen molar-refractivity contribution in [2.75, 3.05) is 20.3 Å². The van der Waals surface area contributed by atoms with E-state index in [9.17, 15) is 9.59 Å². The number of carbonyl (C=O) groups is 2. The van der Waals surface area contributed by atoms with Crippen LogP contribution in [0.4, 0.5) is 0 Å². The molecule has 0 fully saturated rings. The van der Waals surface area contributed by atoms with Gasteiger partial charge in [-0.2, -0.15) is 0 Å². The highest BCUT2D eigenvalue weighted by atomic mass is 16.5. The van der Waals surface area contributed by atoms with Crippen molar-refractivity contribution in [1.82, 2.24) is 5.32 Å². The number of nitrogens with one attached hydrogen (secondary N) is 1. The predicted octanol–water partition coefficient (Wildman–Crippen LogP) is 2.09. The summed E-state index contributed by atoms with van der Waals surface area (Å²) >= 11 is 0. The topological polar surface area (TPSA) is 84.9 Å². The zero-order valence-corrected chi connectivity index (χ0v) is 13.5. The van der Waals surface area contributed by atoms with E-state index < -0.39 is 11.4 Å². The lowest BCUT2D eigenvalue weighted by Crippen LogP contribution is -2.34. The summed E-state index contributed by atoms with van der Waals surface area (Å²) < 4.78 is 10.7. The SMILES string of the molecule is COc1ccc2c(c1)C=C(C(=O)NCCC(C)(C)C(=O)O)CO2. The maximum absolute atomic E-state index is 12.2. The van der Waals surface area contributed by atoms with E-state index in [-0.39, 0.29) is 12.5 Å². The number of carboxylic acid groups (broad SMARTS) is 1. The first-order valence-corrected chi connectivity index (χ1v) is 7.36. The molecule has 0 spiro atoms. The Morgan fingerprint density at radius 1 is 1.39 bits per heavy atom. The number of amides is 1. The van der Waals surface area contributed by atoms with Crippen LogP contribution in [0.3, 0.4) is 0 Å². The summed E-state index contributed by atoms with van der Waals surface area (Å²) in [5.74, 6) is 0.260. The van der Waals surface area contributed by atoms with E-state index >= 15 is 0 Å². The number of ether oxygens (including phenoxy) is 2. The molecule has 124 valence electrons. The Kier molecular flexibility index (Phi) is 4.93. The monoisotopic (exact) mass is 319 g/mol. The van der Waals surface area contributed by atoms with E-state index in [0.717, 1.165) is 5.56 Å². The van der Waals surface area contributed by atoms with Gasteiger partial charge in [0, 0.05) is 12.1 Å². The van der Waals surface area contributed by atoms with Gasteiger partial charge in [-0.3, -0.25) is 9.59 Å². The van der Waals surface area contributed by atoms with Crippen molar-refractivity contribution in [1.29, 1.82) is 0 Å². The molecule has 0 bridgehead atoms. The third-order valence-electron chi connectivity index (χ3n) is 3.84. The zero-order chi connectivity index (χ0) is 17.0. The predicted molar refractivity (Wildman–Crippen MR) is 85.5 cm³/mol. The average molecular weight is 319 g/mol. The molecule has 1 amide bonds.